The van der Waals surface area contributed by atoms with Crippen molar-refractivity contribution in [3.05, 3.63) is 138 Å². The Bertz CT molecular complexity index is 1620. The van der Waals surface area contributed by atoms with E-state index in [1.165, 1.54) is 17.7 Å². The molecule has 6 rings (SSSR count). The van der Waals surface area contributed by atoms with E-state index in [0.29, 0.717) is 18.2 Å². The lowest BCUT2D eigenvalue weighted by Gasteiger charge is -2.32. The molecular weight excluding hydrogens is 511 g/mol. The second-order valence-electron chi connectivity index (χ2n) is 10.7. The molecule has 2 heterocycles. The predicted octanol–water partition coefficient (Wildman–Crippen LogP) is 7.30. The molecule has 0 atom stereocenters. The molecule has 0 bridgehead atoms. The first-order valence-corrected chi connectivity index (χ1v) is 14.1. The van der Waals surface area contributed by atoms with Crippen LogP contribution in [-0.4, -0.2) is 34.9 Å². The highest BCUT2D eigenvalue weighted by Gasteiger charge is 2.22. The normalized spacial score (nSPS) is 14.2. The van der Waals surface area contributed by atoms with Crippen LogP contribution in [0.5, 0.6) is 0 Å². The summed E-state index contributed by atoms with van der Waals surface area (Å²) in [5.41, 5.74) is 3.53. The number of halogens is 1. The smallest absolute Gasteiger partial charge is 0.258 e. The van der Waals surface area contributed by atoms with Gasteiger partial charge >= 0.3 is 0 Å². The lowest BCUT2D eigenvalue weighted by atomic mass is 10.0. The molecule has 0 unspecified atom stereocenters. The minimum absolute atomic E-state index is 0.119. The zero-order valence-electron chi connectivity index (χ0n) is 22.9. The van der Waals surface area contributed by atoms with E-state index in [4.69, 9.17) is 0 Å². The Morgan fingerprint density at radius 2 is 1.56 bits per heavy atom. The maximum Gasteiger partial charge on any atom is 0.258 e. The maximum absolute atomic E-state index is 14.0. The highest BCUT2D eigenvalue weighted by molar-refractivity contribution is 6.08. The van der Waals surface area contributed by atoms with Gasteiger partial charge in [0, 0.05) is 49.2 Å². The summed E-state index contributed by atoms with van der Waals surface area (Å²) in [6.45, 7) is 3.32. The van der Waals surface area contributed by atoms with Crippen LogP contribution in [0.25, 0.3) is 10.8 Å². The number of rotatable bonds is 8. The quantitative estimate of drug-likeness (QED) is 0.223. The van der Waals surface area contributed by atoms with Crippen molar-refractivity contribution in [1.82, 2.24) is 9.88 Å². The van der Waals surface area contributed by atoms with Gasteiger partial charge in [0.1, 0.15) is 11.6 Å². The van der Waals surface area contributed by atoms with Crippen LogP contribution < -0.4 is 10.2 Å². The van der Waals surface area contributed by atoms with Crippen molar-refractivity contribution in [2.24, 2.45) is 0 Å². The number of carbonyl (C=O) groups is 1. The summed E-state index contributed by atoms with van der Waals surface area (Å²) in [7, 11) is 0. The molecule has 5 nitrogen and oxygen atoms in total. The molecule has 6 heteroatoms. The Balaban J connectivity index is 1.20. The number of benzene rings is 4. The third kappa shape index (κ3) is 6.61. The summed E-state index contributed by atoms with van der Waals surface area (Å²) in [5, 5.41) is 5.70. The number of carbonyl (C=O) groups excluding carboxylic acids is 1. The average molecular weight is 545 g/mol. The summed E-state index contributed by atoms with van der Waals surface area (Å²) in [4.78, 5) is 22.8. The van der Waals surface area contributed by atoms with Gasteiger partial charge in [-0.2, -0.15) is 0 Å². The number of piperidine rings is 1. The Morgan fingerprint density at radius 1 is 0.829 bits per heavy atom. The fraction of sp³-hybridized carbons (Fsp3) is 0.200. The van der Waals surface area contributed by atoms with Gasteiger partial charge in [0.15, 0.2) is 0 Å². The van der Waals surface area contributed by atoms with Crippen LogP contribution in [0.4, 0.5) is 15.9 Å². The van der Waals surface area contributed by atoms with Crippen LogP contribution in [0, 0.1) is 5.82 Å². The van der Waals surface area contributed by atoms with Gasteiger partial charge in [-0.15, -0.1) is 0 Å². The molecule has 1 fully saturated rings. The van der Waals surface area contributed by atoms with Crippen LogP contribution in [0.2, 0.25) is 0 Å². The van der Waals surface area contributed by atoms with E-state index in [0.717, 1.165) is 60.3 Å². The lowest BCUT2D eigenvalue weighted by Crippen LogP contribution is -2.38. The van der Waals surface area contributed by atoms with E-state index in [1.807, 2.05) is 54.6 Å². The highest BCUT2D eigenvalue weighted by Crippen LogP contribution is 2.26. The summed E-state index contributed by atoms with van der Waals surface area (Å²) in [6.07, 6.45) is 3.79. The van der Waals surface area contributed by atoms with Gasteiger partial charge in [0.05, 0.1) is 6.54 Å². The van der Waals surface area contributed by atoms with Gasteiger partial charge in [-0.1, -0.05) is 72.8 Å². The average Bonchev–Trinajstić information content (AvgIpc) is 3.02. The third-order valence-corrected chi connectivity index (χ3v) is 7.74. The topological polar surface area (TPSA) is 48.5 Å². The molecule has 1 saturated heterocycles. The molecule has 206 valence electrons. The third-order valence-electron chi connectivity index (χ3n) is 7.74. The fourth-order valence-electron chi connectivity index (χ4n) is 5.48. The molecule has 0 saturated carbocycles. The number of anilines is 2. The molecule has 1 aliphatic rings. The van der Waals surface area contributed by atoms with Gasteiger partial charge < -0.3 is 10.2 Å². The number of hydrogen-bond acceptors (Lipinski definition) is 4. The van der Waals surface area contributed by atoms with Crippen LogP contribution in [0.1, 0.15) is 34.3 Å². The fourth-order valence-corrected chi connectivity index (χ4v) is 5.48. The second-order valence-corrected chi connectivity index (χ2v) is 10.7. The number of pyridine rings is 1. The van der Waals surface area contributed by atoms with Gasteiger partial charge in [-0.05, 0) is 65.1 Å². The molecule has 1 N–H and O–H groups in total. The molecule has 1 aliphatic heterocycles. The number of nitrogens with zero attached hydrogens (tertiary/aromatic N) is 3. The van der Waals surface area contributed by atoms with E-state index >= 15 is 0 Å². The Morgan fingerprint density at radius 3 is 2.34 bits per heavy atom. The minimum Gasteiger partial charge on any atom is -0.367 e. The zero-order chi connectivity index (χ0) is 28.0. The van der Waals surface area contributed by atoms with Gasteiger partial charge in [0.2, 0.25) is 0 Å². The van der Waals surface area contributed by atoms with Crippen molar-refractivity contribution in [2.75, 3.05) is 23.3 Å². The first kappa shape index (κ1) is 26.7. The lowest BCUT2D eigenvalue weighted by molar-refractivity contribution is 0.0985. The van der Waals surface area contributed by atoms with Crippen molar-refractivity contribution < 1.29 is 9.18 Å². The minimum atomic E-state index is -0.300. The molecule has 0 radical (unpaired) electrons. The molecule has 1 amide bonds. The van der Waals surface area contributed by atoms with E-state index in [9.17, 15) is 9.18 Å². The van der Waals surface area contributed by atoms with E-state index in [2.05, 4.69) is 45.5 Å². The SMILES string of the molecule is O=C(c1ccc2ccccc2c1)N(Cc1ccc(F)cc1)c1ccnc(NC2CCN(Cc3ccccc3)CC2)c1. The van der Waals surface area contributed by atoms with Crippen molar-refractivity contribution in [2.45, 2.75) is 32.0 Å². The molecule has 1 aromatic heterocycles. The maximum atomic E-state index is 14.0. The molecule has 0 spiro atoms. The number of amides is 1. The highest BCUT2D eigenvalue weighted by atomic mass is 19.1. The summed E-state index contributed by atoms with van der Waals surface area (Å²) in [6, 6.07) is 34.8. The predicted molar refractivity (Wildman–Crippen MR) is 163 cm³/mol. The van der Waals surface area contributed by atoms with Crippen LogP contribution in [0.15, 0.2) is 115 Å². The number of likely N-dealkylation sites (tertiary alicyclic amines) is 1. The summed E-state index contributed by atoms with van der Waals surface area (Å²) >= 11 is 0. The van der Waals surface area contributed by atoms with Crippen molar-refractivity contribution in [3.63, 3.8) is 0 Å². The Labute approximate surface area is 240 Å². The largest absolute Gasteiger partial charge is 0.367 e. The van der Waals surface area contributed by atoms with Crippen molar-refractivity contribution in [3.8, 4) is 0 Å². The van der Waals surface area contributed by atoms with Crippen LogP contribution in [0.3, 0.4) is 0 Å². The van der Waals surface area contributed by atoms with Crippen molar-refractivity contribution >= 4 is 28.2 Å². The van der Waals surface area contributed by atoms with Gasteiger partial charge in [0.25, 0.3) is 5.91 Å². The Kier molecular flexibility index (Phi) is 8.01. The number of aromatic nitrogens is 1. The standard InChI is InChI=1S/C35H33FN4O/c36-31-14-10-27(11-15-31)25-40(35(41)30-13-12-28-8-4-5-9-29(28)22-30)33-16-19-37-34(23-33)38-32-17-20-39(21-18-32)24-26-6-2-1-3-7-26/h1-16,19,22-23,32H,17-18,20-21,24-25H2,(H,37,38). The second kappa shape index (κ2) is 12.3. The molecule has 5 aromatic rings. The van der Waals surface area contributed by atoms with E-state index in [-0.39, 0.29) is 11.7 Å². The first-order valence-electron chi connectivity index (χ1n) is 14.1. The molecular formula is C35H33FN4O. The monoisotopic (exact) mass is 544 g/mol. The van der Waals surface area contributed by atoms with Crippen LogP contribution >= 0.6 is 0 Å². The molecule has 0 aliphatic carbocycles. The number of nitrogens with one attached hydrogen (secondary N) is 1. The van der Waals surface area contributed by atoms with Crippen molar-refractivity contribution in [1.29, 1.82) is 0 Å². The van der Waals surface area contributed by atoms with Crippen LogP contribution in [-0.2, 0) is 13.1 Å². The summed E-state index contributed by atoms with van der Waals surface area (Å²) in [5.74, 6) is 0.331. The van der Waals surface area contributed by atoms with Gasteiger partial charge in [-0.3, -0.25) is 9.69 Å². The Hall–Kier alpha value is -4.55. The summed E-state index contributed by atoms with van der Waals surface area (Å²) < 4.78 is 13.6. The molecule has 41 heavy (non-hydrogen) atoms. The zero-order valence-corrected chi connectivity index (χ0v) is 22.9. The van der Waals surface area contributed by atoms with E-state index < -0.39 is 0 Å². The molecule has 4 aromatic carbocycles. The number of hydrogen-bond donors (Lipinski definition) is 1. The first-order chi connectivity index (χ1) is 20.1. The number of fused-ring (bicyclic) bond motifs is 1. The van der Waals surface area contributed by atoms with E-state index in [1.54, 1.807) is 23.2 Å². The van der Waals surface area contributed by atoms with Gasteiger partial charge in [-0.25, -0.2) is 9.37 Å².